The molecule has 1 saturated heterocycles. The molecule has 1 aromatic heterocycles. The van der Waals surface area contributed by atoms with Crippen LogP contribution in [0.15, 0.2) is 65.3 Å². The van der Waals surface area contributed by atoms with Gasteiger partial charge in [-0.2, -0.15) is 0 Å². The van der Waals surface area contributed by atoms with E-state index < -0.39 is 17.5 Å². The minimum absolute atomic E-state index is 0.186. The maximum atomic E-state index is 14.0. The van der Waals surface area contributed by atoms with Crippen molar-refractivity contribution < 1.29 is 22.7 Å². The van der Waals surface area contributed by atoms with Crippen LogP contribution < -0.4 is 15.0 Å². The van der Waals surface area contributed by atoms with Crippen LogP contribution in [-0.2, 0) is 0 Å². The Hall–Kier alpha value is -3.39. The summed E-state index contributed by atoms with van der Waals surface area (Å²) >= 11 is 0. The molecule has 0 aliphatic carbocycles. The summed E-state index contributed by atoms with van der Waals surface area (Å²) in [6, 6.07) is 14.4. The number of halogens is 2. The second-order valence-electron chi connectivity index (χ2n) is 7.59. The fraction of sp³-hybridized carbons (Fsp3) is 0.292. The van der Waals surface area contributed by atoms with Gasteiger partial charge in [0.25, 0.3) is 5.91 Å². The second kappa shape index (κ2) is 9.82. The van der Waals surface area contributed by atoms with E-state index in [0.717, 1.165) is 55.5 Å². The van der Waals surface area contributed by atoms with E-state index in [0.29, 0.717) is 6.07 Å². The van der Waals surface area contributed by atoms with Crippen molar-refractivity contribution in [3.8, 4) is 5.75 Å². The van der Waals surface area contributed by atoms with Crippen LogP contribution in [0.2, 0.25) is 0 Å². The van der Waals surface area contributed by atoms with Crippen molar-refractivity contribution in [2.45, 2.75) is 6.04 Å². The average Bonchev–Trinajstić information content (AvgIpc) is 3.34. The number of hydrogen-bond donors (Lipinski definition) is 1. The molecule has 1 aliphatic rings. The summed E-state index contributed by atoms with van der Waals surface area (Å²) in [5, 5.41) is 2.77. The van der Waals surface area contributed by atoms with Gasteiger partial charge in [-0.15, -0.1) is 0 Å². The summed E-state index contributed by atoms with van der Waals surface area (Å²) in [5.41, 5.74) is 0.939. The molecule has 1 unspecified atom stereocenters. The fourth-order valence-electron chi connectivity index (χ4n) is 3.93. The molecule has 3 aromatic rings. The van der Waals surface area contributed by atoms with Crippen molar-refractivity contribution in [3.05, 3.63) is 83.8 Å². The van der Waals surface area contributed by atoms with Crippen molar-refractivity contribution in [2.75, 3.05) is 44.7 Å². The maximum absolute atomic E-state index is 14.0. The zero-order valence-electron chi connectivity index (χ0n) is 17.8. The van der Waals surface area contributed by atoms with Gasteiger partial charge in [-0.25, -0.2) is 8.78 Å². The van der Waals surface area contributed by atoms with Gasteiger partial charge in [0, 0.05) is 44.5 Å². The number of piperazine rings is 1. The van der Waals surface area contributed by atoms with Gasteiger partial charge >= 0.3 is 0 Å². The Kier molecular flexibility index (Phi) is 6.70. The smallest absolute Gasteiger partial charge is 0.254 e. The molecular formula is C24H25F2N3O3. The molecule has 2 aromatic carbocycles. The second-order valence-corrected chi connectivity index (χ2v) is 7.59. The molecule has 8 heteroatoms. The number of anilines is 1. The summed E-state index contributed by atoms with van der Waals surface area (Å²) in [6.07, 6.45) is 1.59. The highest BCUT2D eigenvalue weighted by molar-refractivity contribution is 5.94. The van der Waals surface area contributed by atoms with Crippen molar-refractivity contribution in [1.82, 2.24) is 10.2 Å². The number of nitrogens with zero attached hydrogens (tertiary/aromatic N) is 2. The maximum Gasteiger partial charge on any atom is 0.254 e. The Bertz CT molecular complexity index is 1030. The normalized spacial score (nSPS) is 15.4. The molecule has 0 radical (unpaired) electrons. The highest BCUT2D eigenvalue weighted by Gasteiger charge is 2.28. The average molecular weight is 441 g/mol. The van der Waals surface area contributed by atoms with E-state index in [-0.39, 0.29) is 18.2 Å². The summed E-state index contributed by atoms with van der Waals surface area (Å²) in [4.78, 5) is 17.0. The molecule has 4 rings (SSSR count). The lowest BCUT2D eigenvalue weighted by molar-refractivity contribution is 0.0919. The van der Waals surface area contributed by atoms with Gasteiger partial charge < -0.3 is 19.4 Å². The van der Waals surface area contributed by atoms with E-state index >= 15 is 0 Å². The van der Waals surface area contributed by atoms with E-state index in [1.54, 1.807) is 19.4 Å². The number of amides is 1. The molecule has 32 heavy (non-hydrogen) atoms. The first-order valence-electron chi connectivity index (χ1n) is 10.4. The Morgan fingerprint density at radius 2 is 1.84 bits per heavy atom. The predicted molar refractivity (Wildman–Crippen MR) is 117 cm³/mol. The minimum atomic E-state index is -0.884. The summed E-state index contributed by atoms with van der Waals surface area (Å²) in [5.74, 6) is -0.648. The fourth-order valence-corrected chi connectivity index (χ4v) is 3.93. The van der Waals surface area contributed by atoms with Gasteiger partial charge in [0.1, 0.15) is 23.1 Å². The van der Waals surface area contributed by atoms with E-state index in [1.807, 2.05) is 30.3 Å². The molecule has 1 aliphatic heterocycles. The quantitative estimate of drug-likeness (QED) is 0.604. The topological polar surface area (TPSA) is 58.0 Å². The van der Waals surface area contributed by atoms with E-state index in [4.69, 9.17) is 9.15 Å². The molecule has 6 nitrogen and oxygen atoms in total. The number of rotatable bonds is 7. The van der Waals surface area contributed by atoms with Crippen molar-refractivity contribution in [3.63, 3.8) is 0 Å². The molecule has 0 spiro atoms. The first kappa shape index (κ1) is 21.8. The van der Waals surface area contributed by atoms with E-state index in [2.05, 4.69) is 15.1 Å². The van der Waals surface area contributed by atoms with Gasteiger partial charge in [-0.1, -0.05) is 0 Å². The molecule has 1 fully saturated rings. The number of furan rings is 1. The molecule has 1 N–H and O–H groups in total. The van der Waals surface area contributed by atoms with Gasteiger partial charge in [0.15, 0.2) is 0 Å². The first-order valence-corrected chi connectivity index (χ1v) is 10.4. The first-order chi connectivity index (χ1) is 15.5. The molecule has 0 saturated carbocycles. The predicted octanol–water partition coefficient (Wildman–Crippen LogP) is 3.86. The number of hydrogen-bond acceptors (Lipinski definition) is 5. The Morgan fingerprint density at radius 1 is 1.09 bits per heavy atom. The van der Waals surface area contributed by atoms with Crippen LogP contribution in [0.25, 0.3) is 0 Å². The summed E-state index contributed by atoms with van der Waals surface area (Å²) < 4.78 is 38.0. The van der Waals surface area contributed by atoms with Gasteiger partial charge in [0.05, 0.1) is 25.0 Å². The largest absolute Gasteiger partial charge is 0.497 e. The number of nitrogens with one attached hydrogen (secondary N) is 1. The zero-order chi connectivity index (χ0) is 22.5. The SMILES string of the molecule is COc1ccc(N2CCN(C(CNC(=O)c3ccc(F)cc3F)c3ccco3)CC2)cc1. The van der Waals surface area contributed by atoms with E-state index in [9.17, 15) is 13.6 Å². The van der Waals surface area contributed by atoms with Gasteiger partial charge in [0.2, 0.25) is 0 Å². The number of benzene rings is 2. The summed E-state index contributed by atoms with van der Waals surface area (Å²) in [6.45, 7) is 3.39. The third kappa shape index (κ3) is 4.91. The zero-order valence-corrected chi connectivity index (χ0v) is 17.8. The van der Waals surface area contributed by atoms with Crippen molar-refractivity contribution >= 4 is 11.6 Å². The van der Waals surface area contributed by atoms with Crippen molar-refractivity contribution in [1.29, 1.82) is 0 Å². The van der Waals surface area contributed by atoms with Crippen LogP contribution in [0.5, 0.6) is 5.75 Å². The van der Waals surface area contributed by atoms with Crippen LogP contribution in [-0.4, -0.2) is 50.6 Å². The van der Waals surface area contributed by atoms with Crippen molar-refractivity contribution in [2.24, 2.45) is 0 Å². The Balaban J connectivity index is 1.41. The highest BCUT2D eigenvalue weighted by Crippen LogP contribution is 2.25. The lowest BCUT2D eigenvalue weighted by atomic mass is 10.1. The number of ether oxygens (including phenoxy) is 1. The molecule has 1 amide bonds. The van der Waals surface area contributed by atoms with Crippen LogP contribution in [0, 0.1) is 11.6 Å². The molecule has 1 atom stereocenters. The van der Waals surface area contributed by atoms with E-state index in [1.165, 1.54) is 0 Å². The molecular weight excluding hydrogens is 416 g/mol. The monoisotopic (exact) mass is 441 g/mol. The van der Waals surface area contributed by atoms with Crippen LogP contribution in [0.4, 0.5) is 14.5 Å². The minimum Gasteiger partial charge on any atom is -0.497 e. The molecule has 168 valence electrons. The lowest BCUT2D eigenvalue weighted by Crippen LogP contribution is -2.49. The Morgan fingerprint density at radius 3 is 2.47 bits per heavy atom. The standard InChI is InChI=1S/C24H25F2N3O3/c1-31-19-7-5-18(6-8-19)28-10-12-29(13-11-28)22(23-3-2-14-32-23)16-27-24(30)20-9-4-17(25)15-21(20)26/h2-9,14-15,22H,10-13,16H2,1H3,(H,27,30). The van der Waals surface area contributed by atoms with Crippen LogP contribution in [0.1, 0.15) is 22.2 Å². The number of carbonyl (C=O) groups is 1. The third-order valence-electron chi connectivity index (χ3n) is 5.70. The Labute approximate surface area is 185 Å². The van der Waals surface area contributed by atoms with Gasteiger partial charge in [-0.05, 0) is 48.5 Å². The van der Waals surface area contributed by atoms with Crippen LogP contribution in [0.3, 0.4) is 0 Å². The van der Waals surface area contributed by atoms with Gasteiger partial charge in [-0.3, -0.25) is 9.69 Å². The lowest BCUT2D eigenvalue weighted by Gasteiger charge is -2.39. The molecule has 2 heterocycles. The highest BCUT2D eigenvalue weighted by atomic mass is 19.1. The summed E-state index contributed by atoms with van der Waals surface area (Å²) in [7, 11) is 1.64. The number of carbonyl (C=O) groups excluding carboxylic acids is 1. The van der Waals surface area contributed by atoms with Crippen LogP contribution >= 0.6 is 0 Å². The third-order valence-corrected chi connectivity index (χ3v) is 5.70. The number of methoxy groups -OCH3 is 1. The molecule has 0 bridgehead atoms.